The number of rotatable bonds is 10. The smallest absolute Gasteiger partial charge is 0.417 e. The lowest BCUT2D eigenvalue weighted by Gasteiger charge is -2.19. The van der Waals surface area contributed by atoms with Crippen molar-refractivity contribution in [2.24, 2.45) is 0 Å². The van der Waals surface area contributed by atoms with E-state index >= 15 is 0 Å². The minimum absolute atomic E-state index is 0.256. The summed E-state index contributed by atoms with van der Waals surface area (Å²) in [5, 5.41) is 0. The maximum atomic E-state index is 13.0. The summed E-state index contributed by atoms with van der Waals surface area (Å²) in [5.41, 5.74) is -1.50. The van der Waals surface area contributed by atoms with Crippen LogP contribution in [0.1, 0.15) is 61.4 Å². The number of halogens is 3. The quantitative estimate of drug-likeness (QED) is 0.442. The van der Waals surface area contributed by atoms with E-state index in [4.69, 9.17) is 4.74 Å². The molecule has 0 aliphatic carbocycles. The summed E-state index contributed by atoms with van der Waals surface area (Å²) >= 11 is 0. The summed E-state index contributed by atoms with van der Waals surface area (Å²) in [6.45, 7) is 2.00. The molecule has 7 heteroatoms. The van der Waals surface area contributed by atoms with Crippen LogP contribution in [0.25, 0.3) is 0 Å². The molecule has 0 spiro atoms. The van der Waals surface area contributed by atoms with Gasteiger partial charge in [0, 0.05) is 7.05 Å². The van der Waals surface area contributed by atoms with E-state index in [0.29, 0.717) is 0 Å². The fraction of sp³-hybridized carbons (Fsp3) is 0.579. The van der Waals surface area contributed by atoms with Crippen LogP contribution in [0, 0.1) is 0 Å². The van der Waals surface area contributed by atoms with E-state index < -0.39 is 29.2 Å². The Morgan fingerprint density at radius 3 is 2.31 bits per heavy atom. The summed E-state index contributed by atoms with van der Waals surface area (Å²) in [6, 6.07) is 4.52. The van der Waals surface area contributed by atoms with Gasteiger partial charge in [-0.3, -0.25) is 9.59 Å². The van der Waals surface area contributed by atoms with Gasteiger partial charge in [0.15, 0.2) is 0 Å². The Labute approximate surface area is 152 Å². The van der Waals surface area contributed by atoms with Crippen molar-refractivity contribution < 1.29 is 27.5 Å². The van der Waals surface area contributed by atoms with Gasteiger partial charge in [-0.2, -0.15) is 13.2 Å². The number of benzene rings is 1. The molecule has 26 heavy (non-hydrogen) atoms. The summed E-state index contributed by atoms with van der Waals surface area (Å²) in [5.74, 6) is -1.49. The molecule has 0 aromatic heterocycles. The van der Waals surface area contributed by atoms with Crippen LogP contribution in [0.5, 0.6) is 0 Å². The highest BCUT2D eigenvalue weighted by atomic mass is 19.4. The molecule has 0 aliphatic heterocycles. The molecule has 0 N–H and O–H groups in total. The molecule has 0 radical (unpaired) electrons. The average Bonchev–Trinajstić information content (AvgIpc) is 2.59. The molecule has 0 bridgehead atoms. The zero-order valence-corrected chi connectivity index (χ0v) is 15.3. The van der Waals surface area contributed by atoms with Gasteiger partial charge >= 0.3 is 12.1 Å². The molecule has 0 unspecified atom stereocenters. The number of carbonyl (C=O) groups is 2. The Hall–Kier alpha value is -2.05. The first kappa shape index (κ1) is 22.0. The van der Waals surface area contributed by atoms with Crippen molar-refractivity contribution >= 4 is 11.9 Å². The van der Waals surface area contributed by atoms with Crippen LogP contribution in [-0.2, 0) is 15.7 Å². The fourth-order valence-electron chi connectivity index (χ4n) is 2.50. The molecular weight excluding hydrogens is 347 g/mol. The van der Waals surface area contributed by atoms with Crippen molar-refractivity contribution in [2.75, 3.05) is 20.2 Å². The van der Waals surface area contributed by atoms with Crippen LogP contribution in [0.4, 0.5) is 13.2 Å². The Morgan fingerprint density at radius 1 is 1.04 bits per heavy atom. The van der Waals surface area contributed by atoms with E-state index in [1.807, 2.05) is 0 Å². The lowest BCUT2D eigenvalue weighted by molar-refractivity contribution is -0.144. The highest BCUT2D eigenvalue weighted by Crippen LogP contribution is 2.32. The summed E-state index contributed by atoms with van der Waals surface area (Å²) < 4.78 is 44.0. The average molecular weight is 373 g/mol. The number of hydrogen-bond acceptors (Lipinski definition) is 3. The molecule has 4 nitrogen and oxygen atoms in total. The zero-order valence-electron chi connectivity index (χ0n) is 15.3. The van der Waals surface area contributed by atoms with Gasteiger partial charge in [0.05, 0.1) is 17.7 Å². The van der Waals surface area contributed by atoms with Crippen LogP contribution in [0.3, 0.4) is 0 Å². The van der Waals surface area contributed by atoms with Gasteiger partial charge in [-0.1, -0.05) is 51.2 Å². The van der Waals surface area contributed by atoms with E-state index in [1.54, 1.807) is 0 Å². The molecule has 1 aromatic rings. The van der Waals surface area contributed by atoms with Gasteiger partial charge in [0.1, 0.15) is 6.54 Å². The Morgan fingerprint density at radius 2 is 1.65 bits per heavy atom. The Kier molecular flexibility index (Phi) is 9.16. The Balaban J connectivity index is 2.46. The second-order valence-corrected chi connectivity index (χ2v) is 6.19. The largest absolute Gasteiger partial charge is 0.464 e. The molecule has 0 heterocycles. The number of unbranched alkanes of at least 4 members (excludes halogenated alkanes) is 5. The van der Waals surface area contributed by atoms with Gasteiger partial charge in [-0.15, -0.1) is 0 Å². The fourth-order valence-corrected chi connectivity index (χ4v) is 2.50. The van der Waals surface area contributed by atoms with Gasteiger partial charge in [0.2, 0.25) is 0 Å². The van der Waals surface area contributed by atoms with Crippen molar-refractivity contribution in [3.8, 4) is 0 Å². The summed E-state index contributed by atoms with van der Waals surface area (Å²) in [4.78, 5) is 24.9. The number of alkyl halides is 3. The molecule has 0 aliphatic rings. The molecule has 0 saturated heterocycles. The van der Waals surface area contributed by atoms with Crippen LogP contribution in [-0.4, -0.2) is 37.0 Å². The minimum Gasteiger partial charge on any atom is -0.464 e. The number of carbonyl (C=O) groups excluding carboxylic acids is 2. The SMILES string of the molecule is CCCCCCCCOC(=O)CN(C)C(=O)c1ccccc1C(F)(F)F. The minimum atomic E-state index is -4.63. The maximum Gasteiger partial charge on any atom is 0.417 e. The first-order valence-corrected chi connectivity index (χ1v) is 8.84. The lowest BCUT2D eigenvalue weighted by Crippen LogP contribution is -2.34. The molecule has 146 valence electrons. The third-order valence-electron chi connectivity index (χ3n) is 3.94. The van der Waals surface area contributed by atoms with Crippen molar-refractivity contribution in [3.63, 3.8) is 0 Å². The van der Waals surface area contributed by atoms with E-state index in [2.05, 4.69) is 6.92 Å². The predicted octanol–water partition coefficient (Wildman–Crippen LogP) is 4.68. The molecule has 0 saturated carbocycles. The molecule has 0 atom stereocenters. The monoisotopic (exact) mass is 373 g/mol. The molecule has 1 aromatic carbocycles. The standard InChI is InChI=1S/C19H26F3NO3/c1-3-4-5-6-7-10-13-26-17(24)14-23(2)18(25)15-11-8-9-12-16(15)19(20,21)22/h8-9,11-12H,3-7,10,13-14H2,1-2H3. The number of amides is 1. The van der Waals surface area contributed by atoms with Crippen LogP contribution < -0.4 is 0 Å². The number of likely N-dealkylation sites (N-methyl/N-ethyl adjacent to an activating group) is 1. The third-order valence-corrected chi connectivity index (χ3v) is 3.94. The van der Waals surface area contributed by atoms with Gasteiger partial charge in [-0.25, -0.2) is 0 Å². The van der Waals surface area contributed by atoms with Gasteiger partial charge < -0.3 is 9.64 Å². The van der Waals surface area contributed by atoms with E-state index in [1.165, 1.54) is 25.6 Å². The molecule has 1 rings (SSSR count). The van der Waals surface area contributed by atoms with Gasteiger partial charge in [0.25, 0.3) is 5.91 Å². The van der Waals surface area contributed by atoms with E-state index in [9.17, 15) is 22.8 Å². The molecule has 1 amide bonds. The first-order valence-electron chi connectivity index (χ1n) is 8.84. The first-order chi connectivity index (χ1) is 12.3. The number of ether oxygens (including phenoxy) is 1. The molecular formula is C19H26F3NO3. The summed E-state index contributed by atoms with van der Waals surface area (Å²) in [6.07, 6.45) is 1.65. The number of esters is 1. The van der Waals surface area contributed by atoms with Crippen LogP contribution >= 0.6 is 0 Å². The number of nitrogens with zero attached hydrogens (tertiary/aromatic N) is 1. The number of hydrogen-bond donors (Lipinski definition) is 0. The highest BCUT2D eigenvalue weighted by molar-refractivity contribution is 5.97. The topological polar surface area (TPSA) is 46.6 Å². The van der Waals surface area contributed by atoms with Crippen molar-refractivity contribution in [2.45, 2.75) is 51.6 Å². The van der Waals surface area contributed by atoms with Crippen LogP contribution in [0.2, 0.25) is 0 Å². The summed E-state index contributed by atoms with van der Waals surface area (Å²) in [7, 11) is 1.28. The Bertz CT molecular complexity index is 588. The second kappa shape index (κ2) is 10.8. The third kappa shape index (κ3) is 7.45. The van der Waals surface area contributed by atoms with E-state index in [-0.39, 0.29) is 13.2 Å². The normalized spacial score (nSPS) is 11.3. The van der Waals surface area contributed by atoms with Gasteiger partial charge in [-0.05, 0) is 18.6 Å². The zero-order chi connectivity index (χ0) is 19.6. The molecule has 0 fully saturated rings. The predicted molar refractivity (Wildman–Crippen MR) is 92.7 cm³/mol. The lowest BCUT2D eigenvalue weighted by atomic mass is 10.1. The van der Waals surface area contributed by atoms with E-state index in [0.717, 1.165) is 49.1 Å². The van der Waals surface area contributed by atoms with Crippen molar-refractivity contribution in [3.05, 3.63) is 35.4 Å². The van der Waals surface area contributed by atoms with Crippen LogP contribution in [0.15, 0.2) is 24.3 Å². The van der Waals surface area contributed by atoms with Crippen molar-refractivity contribution in [1.82, 2.24) is 4.90 Å². The second-order valence-electron chi connectivity index (χ2n) is 6.19. The highest BCUT2D eigenvalue weighted by Gasteiger charge is 2.35. The van der Waals surface area contributed by atoms with Crippen molar-refractivity contribution in [1.29, 1.82) is 0 Å². The maximum absolute atomic E-state index is 13.0.